The third-order valence-corrected chi connectivity index (χ3v) is 4.98. The summed E-state index contributed by atoms with van der Waals surface area (Å²) < 4.78 is 5.92. The topological polar surface area (TPSA) is 26.3 Å². The fraction of sp³-hybridized carbons (Fsp3) is 0.588. The van der Waals surface area contributed by atoms with Crippen LogP contribution in [0.1, 0.15) is 51.0 Å². The molecule has 0 aromatic heterocycles. The van der Waals surface area contributed by atoms with E-state index in [0.29, 0.717) is 5.92 Å². The van der Waals surface area contributed by atoms with Crippen LogP contribution in [0.3, 0.4) is 0 Å². The van der Waals surface area contributed by atoms with Gasteiger partial charge in [-0.2, -0.15) is 0 Å². The van der Waals surface area contributed by atoms with Crippen molar-refractivity contribution in [2.24, 2.45) is 11.8 Å². The number of ether oxygens (including phenoxy) is 1. The van der Waals surface area contributed by atoms with E-state index in [2.05, 4.69) is 24.3 Å². The van der Waals surface area contributed by atoms with Crippen LogP contribution in [0.25, 0.3) is 0 Å². The zero-order valence-corrected chi connectivity index (χ0v) is 11.6. The Kier molecular flexibility index (Phi) is 3.34. The molecule has 0 spiro atoms. The molecule has 2 nitrogen and oxygen atoms in total. The van der Waals surface area contributed by atoms with Gasteiger partial charge < -0.3 is 4.74 Å². The number of rotatable bonds is 2. The van der Waals surface area contributed by atoms with Gasteiger partial charge in [-0.1, -0.05) is 49.6 Å². The van der Waals surface area contributed by atoms with Crippen molar-refractivity contribution in [1.29, 1.82) is 0 Å². The molecule has 2 aliphatic rings. The van der Waals surface area contributed by atoms with E-state index in [4.69, 9.17) is 4.74 Å². The second kappa shape index (κ2) is 4.99. The molecule has 2 aliphatic carbocycles. The number of carbonyl (C=O) groups excluding carboxylic acids is 1. The number of esters is 1. The van der Waals surface area contributed by atoms with Crippen molar-refractivity contribution >= 4 is 5.97 Å². The number of hydrogen-bond donors (Lipinski definition) is 0. The van der Waals surface area contributed by atoms with E-state index in [1.807, 2.05) is 6.07 Å². The normalized spacial score (nSPS) is 33.7. The molecule has 19 heavy (non-hydrogen) atoms. The first-order chi connectivity index (χ1) is 9.22. The summed E-state index contributed by atoms with van der Waals surface area (Å²) in [6.45, 7) is 1.54. The van der Waals surface area contributed by atoms with Gasteiger partial charge in [-0.25, -0.2) is 0 Å². The maximum absolute atomic E-state index is 11.6. The van der Waals surface area contributed by atoms with E-state index in [1.165, 1.54) is 37.7 Å². The molecular weight excluding hydrogens is 236 g/mol. The predicted molar refractivity (Wildman–Crippen MR) is 74.6 cm³/mol. The van der Waals surface area contributed by atoms with Crippen LogP contribution in [-0.2, 0) is 15.1 Å². The predicted octanol–water partition coefficient (Wildman–Crippen LogP) is 4.05. The van der Waals surface area contributed by atoms with Crippen LogP contribution in [-0.4, -0.2) is 5.97 Å². The summed E-state index contributed by atoms with van der Waals surface area (Å²) in [5.41, 5.74) is 0.845. The summed E-state index contributed by atoms with van der Waals surface area (Å²) in [4.78, 5) is 11.6. The van der Waals surface area contributed by atoms with Crippen molar-refractivity contribution in [3.63, 3.8) is 0 Å². The van der Waals surface area contributed by atoms with Crippen molar-refractivity contribution in [3.05, 3.63) is 35.9 Å². The highest BCUT2D eigenvalue weighted by Crippen LogP contribution is 2.55. The van der Waals surface area contributed by atoms with Crippen molar-refractivity contribution in [3.8, 4) is 0 Å². The third-order valence-electron chi connectivity index (χ3n) is 4.98. The molecule has 2 saturated carbocycles. The molecule has 102 valence electrons. The van der Waals surface area contributed by atoms with E-state index >= 15 is 0 Å². The molecule has 0 N–H and O–H groups in total. The molecule has 3 rings (SSSR count). The van der Waals surface area contributed by atoms with Gasteiger partial charge in [0.15, 0.2) is 0 Å². The zero-order valence-electron chi connectivity index (χ0n) is 11.6. The Morgan fingerprint density at radius 2 is 1.89 bits per heavy atom. The minimum Gasteiger partial charge on any atom is -0.454 e. The Balaban J connectivity index is 2.00. The summed E-state index contributed by atoms with van der Waals surface area (Å²) in [6, 6.07) is 10.4. The Labute approximate surface area is 115 Å². The fourth-order valence-electron chi connectivity index (χ4n) is 4.27. The molecule has 0 aliphatic heterocycles. The van der Waals surface area contributed by atoms with Crippen LogP contribution >= 0.6 is 0 Å². The Bertz CT molecular complexity index is 454. The van der Waals surface area contributed by atoms with Crippen LogP contribution < -0.4 is 0 Å². The quantitative estimate of drug-likeness (QED) is 0.748. The SMILES string of the molecule is CC(=O)OC1(c2ccccc2)CCC2CCCCC21. The van der Waals surface area contributed by atoms with Gasteiger partial charge in [0.25, 0.3) is 0 Å². The largest absolute Gasteiger partial charge is 0.454 e. The third kappa shape index (κ3) is 2.18. The van der Waals surface area contributed by atoms with Gasteiger partial charge >= 0.3 is 5.97 Å². The van der Waals surface area contributed by atoms with Gasteiger partial charge in [-0.15, -0.1) is 0 Å². The first-order valence-corrected chi connectivity index (χ1v) is 7.47. The molecule has 2 heteroatoms. The van der Waals surface area contributed by atoms with Crippen LogP contribution in [0.5, 0.6) is 0 Å². The standard InChI is InChI=1S/C17H22O2/c1-13(18)19-17(15-8-3-2-4-9-15)12-11-14-7-5-6-10-16(14)17/h2-4,8-9,14,16H,5-7,10-12H2,1H3. The lowest BCUT2D eigenvalue weighted by Crippen LogP contribution is -2.38. The van der Waals surface area contributed by atoms with E-state index in [0.717, 1.165) is 12.3 Å². The molecule has 0 bridgehead atoms. The number of fused-ring (bicyclic) bond motifs is 1. The number of hydrogen-bond acceptors (Lipinski definition) is 2. The molecule has 1 aromatic rings. The van der Waals surface area contributed by atoms with Crippen molar-refractivity contribution in [2.45, 2.75) is 51.0 Å². The molecule has 2 fully saturated rings. The van der Waals surface area contributed by atoms with Crippen molar-refractivity contribution in [1.82, 2.24) is 0 Å². The van der Waals surface area contributed by atoms with Crippen LogP contribution in [0.4, 0.5) is 0 Å². The second-order valence-corrected chi connectivity index (χ2v) is 6.04. The lowest BCUT2D eigenvalue weighted by atomic mass is 9.73. The van der Waals surface area contributed by atoms with E-state index in [1.54, 1.807) is 6.92 Å². The summed E-state index contributed by atoms with van der Waals surface area (Å²) in [5, 5.41) is 0. The molecule has 0 amide bonds. The fourth-order valence-corrected chi connectivity index (χ4v) is 4.27. The van der Waals surface area contributed by atoms with Gasteiger partial charge in [0.05, 0.1) is 0 Å². The maximum Gasteiger partial charge on any atom is 0.303 e. The van der Waals surface area contributed by atoms with E-state index in [-0.39, 0.29) is 11.6 Å². The van der Waals surface area contributed by atoms with Gasteiger partial charge in [0.2, 0.25) is 0 Å². The van der Waals surface area contributed by atoms with Crippen molar-refractivity contribution in [2.75, 3.05) is 0 Å². The molecule has 3 atom stereocenters. The number of benzene rings is 1. The maximum atomic E-state index is 11.6. The summed E-state index contributed by atoms with van der Waals surface area (Å²) >= 11 is 0. The smallest absolute Gasteiger partial charge is 0.303 e. The van der Waals surface area contributed by atoms with Gasteiger partial charge in [-0.05, 0) is 30.7 Å². The Morgan fingerprint density at radius 3 is 2.63 bits per heavy atom. The minimum absolute atomic E-state index is 0.143. The van der Waals surface area contributed by atoms with Crippen LogP contribution in [0, 0.1) is 11.8 Å². The first kappa shape index (κ1) is 12.7. The lowest BCUT2D eigenvalue weighted by Gasteiger charge is -2.39. The lowest BCUT2D eigenvalue weighted by molar-refractivity contribution is -0.165. The molecule has 3 unspecified atom stereocenters. The Morgan fingerprint density at radius 1 is 1.16 bits per heavy atom. The van der Waals surface area contributed by atoms with Crippen LogP contribution in [0.15, 0.2) is 30.3 Å². The summed E-state index contributed by atoms with van der Waals surface area (Å²) in [5.74, 6) is 1.12. The molecule has 0 saturated heterocycles. The molecule has 1 aromatic carbocycles. The highest BCUT2D eigenvalue weighted by molar-refractivity contribution is 5.67. The molecular formula is C17H22O2. The molecule has 0 radical (unpaired) electrons. The van der Waals surface area contributed by atoms with E-state index < -0.39 is 0 Å². The Hall–Kier alpha value is -1.31. The minimum atomic E-state index is -0.349. The average molecular weight is 258 g/mol. The average Bonchev–Trinajstić information content (AvgIpc) is 2.80. The summed E-state index contributed by atoms with van der Waals surface area (Å²) in [6.07, 6.45) is 7.31. The van der Waals surface area contributed by atoms with Crippen molar-refractivity contribution < 1.29 is 9.53 Å². The number of carbonyl (C=O) groups is 1. The van der Waals surface area contributed by atoms with Gasteiger partial charge in [0, 0.05) is 12.8 Å². The monoisotopic (exact) mass is 258 g/mol. The zero-order chi connectivity index (χ0) is 13.3. The van der Waals surface area contributed by atoms with E-state index in [9.17, 15) is 4.79 Å². The second-order valence-electron chi connectivity index (χ2n) is 6.04. The van der Waals surface area contributed by atoms with Gasteiger partial charge in [0.1, 0.15) is 5.60 Å². The first-order valence-electron chi connectivity index (χ1n) is 7.47. The highest BCUT2D eigenvalue weighted by atomic mass is 16.6. The van der Waals surface area contributed by atoms with Gasteiger partial charge in [-0.3, -0.25) is 4.79 Å². The van der Waals surface area contributed by atoms with Crippen LogP contribution in [0.2, 0.25) is 0 Å². The molecule has 0 heterocycles. The highest BCUT2D eigenvalue weighted by Gasteiger charge is 2.52. The summed E-state index contributed by atoms with van der Waals surface area (Å²) in [7, 11) is 0.